The van der Waals surface area contributed by atoms with Gasteiger partial charge < -0.3 is 15.2 Å². The molecule has 39 heavy (non-hydrogen) atoms. The number of hydrogen-bond donors (Lipinski definition) is 2. The number of carbonyl (C=O) groups excluding carboxylic acids is 1. The molecule has 5 rings (SSSR count). The lowest BCUT2D eigenvalue weighted by molar-refractivity contribution is -0.137. The molecule has 0 aromatic heterocycles. The molecule has 1 aliphatic rings. The topological polar surface area (TPSA) is 75.6 Å². The van der Waals surface area contributed by atoms with Crippen LogP contribution in [-0.4, -0.2) is 17.0 Å². The summed E-state index contributed by atoms with van der Waals surface area (Å²) in [6.45, 7) is 0. The minimum absolute atomic E-state index is 0.0719. The number of rotatable bonds is 7. The van der Waals surface area contributed by atoms with E-state index in [2.05, 4.69) is 5.32 Å². The van der Waals surface area contributed by atoms with Gasteiger partial charge in [-0.15, -0.1) is 0 Å². The van der Waals surface area contributed by atoms with Gasteiger partial charge >= 0.3 is 12.1 Å². The first-order valence-electron chi connectivity index (χ1n) is 12.0. The molecule has 5 nitrogen and oxygen atoms in total. The van der Waals surface area contributed by atoms with Crippen molar-refractivity contribution in [3.63, 3.8) is 0 Å². The molecule has 0 unspecified atom stereocenters. The molecule has 1 fully saturated rings. The number of aromatic carboxylic acids is 1. The normalized spacial score (nSPS) is 13.9. The molecule has 2 N–H and O–H groups in total. The average Bonchev–Trinajstić information content (AvgIpc) is 3.70. The van der Waals surface area contributed by atoms with Crippen LogP contribution in [0.4, 0.5) is 17.6 Å². The van der Waals surface area contributed by atoms with Gasteiger partial charge in [0, 0.05) is 0 Å². The van der Waals surface area contributed by atoms with Crippen LogP contribution < -0.4 is 10.1 Å². The van der Waals surface area contributed by atoms with Gasteiger partial charge in [-0.2, -0.15) is 13.2 Å². The first-order valence-corrected chi connectivity index (χ1v) is 12.0. The zero-order chi connectivity index (χ0) is 27.8. The fourth-order valence-electron chi connectivity index (χ4n) is 4.31. The van der Waals surface area contributed by atoms with Crippen LogP contribution in [0.1, 0.15) is 44.7 Å². The van der Waals surface area contributed by atoms with Gasteiger partial charge in [-0.1, -0.05) is 30.3 Å². The molecule has 198 valence electrons. The zero-order valence-electron chi connectivity index (χ0n) is 20.3. The second-order valence-corrected chi connectivity index (χ2v) is 9.26. The number of carbonyl (C=O) groups is 2. The molecule has 0 atom stereocenters. The highest BCUT2D eigenvalue weighted by Crippen LogP contribution is 2.46. The SMILES string of the molecule is O=C(O)c1ccc(C2(NC(=O)c3cc(-c4cccc(C(F)(F)F)c4)ccc3Oc3ccc(F)cc3)CC2)cc1. The van der Waals surface area contributed by atoms with Crippen molar-refractivity contribution in [3.8, 4) is 22.6 Å². The maximum absolute atomic E-state index is 13.6. The van der Waals surface area contributed by atoms with Crippen LogP contribution in [0.3, 0.4) is 0 Å². The van der Waals surface area contributed by atoms with E-state index in [9.17, 15) is 27.2 Å². The summed E-state index contributed by atoms with van der Waals surface area (Å²) in [5.41, 5.74) is 0.0153. The molecule has 0 aliphatic heterocycles. The summed E-state index contributed by atoms with van der Waals surface area (Å²) >= 11 is 0. The van der Waals surface area contributed by atoms with Crippen LogP contribution in [0, 0.1) is 5.82 Å². The Hall–Kier alpha value is -4.66. The first kappa shape index (κ1) is 26.0. The standard InChI is InChI=1S/C30H21F4NO4/c31-23-9-11-24(12-10-23)39-26-13-6-20(19-2-1-3-22(16-19)30(32,33)34)17-25(26)27(36)35-29(14-15-29)21-7-4-18(5-8-21)28(37)38/h1-13,16-17H,14-15H2,(H,35,36)(H,37,38). The molecule has 9 heteroatoms. The van der Waals surface area contributed by atoms with E-state index in [0.717, 1.165) is 17.7 Å². The molecular formula is C30H21F4NO4. The fourth-order valence-corrected chi connectivity index (χ4v) is 4.31. The second kappa shape index (κ2) is 9.90. The molecule has 0 radical (unpaired) electrons. The summed E-state index contributed by atoms with van der Waals surface area (Å²) in [4.78, 5) is 24.8. The van der Waals surface area contributed by atoms with Gasteiger partial charge in [0.25, 0.3) is 5.91 Å². The number of halogens is 4. The summed E-state index contributed by atoms with van der Waals surface area (Å²) in [7, 11) is 0. The van der Waals surface area contributed by atoms with Gasteiger partial charge in [-0.3, -0.25) is 4.79 Å². The van der Waals surface area contributed by atoms with Crippen LogP contribution in [-0.2, 0) is 11.7 Å². The lowest BCUT2D eigenvalue weighted by Crippen LogP contribution is -2.35. The molecule has 0 heterocycles. The van der Waals surface area contributed by atoms with Crippen LogP contribution in [0.15, 0.2) is 91.0 Å². The van der Waals surface area contributed by atoms with Crippen molar-refractivity contribution in [3.05, 3.63) is 119 Å². The van der Waals surface area contributed by atoms with E-state index in [1.54, 1.807) is 18.2 Å². The average molecular weight is 535 g/mol. The Balaban J connectivity index is 1.50. The molecule has 0 spiro atoms. The number of alkyl halides is 3. The van der Waals surface area contributed by atoms with Gasteiger partial charge in [-0.05, 0) is 90.2 Å². The Bertz CT molecular complexity index is 1540. The summed E-state index contributed by atoms with van der Waals surface area (Å²) in [6, 6.07) is 20.6. The van der Waals surface area contributed by atoms with Crippen LogP contribution in [0.2, 0.25) is 0 Å². The maximum atomic E-state index is 13.6. The second-order valence-electron chi connectivity index (χ2n) is 9.26. The fraction of sp³-hybridized carbons (Fsp3) is 0.133. The Kier molecular flexibility index (Phi) is 6.59. The lowest BCUT2D eigenvalue weighted by Gasteiger charge is -2.20. The van der Waals surface area contributed by atoms with Gasteiger partial charge in [0.05, 0.1) is 22.2 Å². The quantitative estimate of drug-likeness (QED) is 0.242. The van der Waals surface area contributed by atoms with Crippen LogP contribution >= 0.6 is 0 Å². The Morgan fingerprint density at radius 2 is 1.51 bits per heavy atom. The Morgan fingerprint density at radius 3 is 2.13 bits per heavy atom. The number of hydrogen-bond acceptors (Lipinski definition) is 3. The summed E-state index contributed by atoms with van der Waals surface area (Å²) in [5.74, 6) is -1.66. The van der Waals surface area contributed by atoms with Crippen molar-refractivity contribution in [2.75, 3.05) is 0 Å². The van der Waals surface area contributed by atoms with E-state index in [4.69, 9.17) is 9.84 Å². The minimum atomic E-state index is -4.53. The maximum Gasteiger partial charge on any atom is 0.416 e. The predicted octanol–water partition coefficient (Wildman–Crippen LogP) is 7.42. The van der Waals surface area contributed by atoms with Crippen molar-refractivity contribution in [1.82, 2.24) is 5.32 Å². The van der Waals surface area contributed by atoms with E-state index in [1.165, 1.54) is 60.7 Å². The Morgan fingerprint density at radius 1 is 0.846 bits per heavy atom. The number of benzene rings is 4. The molecular weight excluding hydrogens is 514 g/mol. The van der Waals surface area contributed by atoms with Crippen LogP contribution in [0.5, 0.6) is 11.5 Å². The number of ether oxygens (including phenoxy) is 1. The lowest BCUT2D eigenvalue weighted by atomic mass is 9.99. The minimum Gasteiger partial charge on any atom is -0.478 e. The number of amides is 1. The molecule has 1 saturated carbocycles. The third kappa shape index (κ3) is 5.62. The highest BCUT2D eigenvalue weighted by Gasteiger charge is 2.46. The molecule has 0 bridgehead atoms. The number of carboxylic acid groups (broad SMARTS) is 1. The molecule has 0 saturated heterocycles. The number of carboxylic acids is 1. The largest absolute Gasteiger partial charge is 0.478 e. The predicted molar refractivity (Wildman–Crippen MR) is 135 cm³/mol. The van der Waals surface area contributed by atoms with Crippen molar-refractivity contribution in [2.24, 2.45) is 0 Å². The van der Waals surface area contributed by atoms with Gasteiger partial charge in [0.1, 0.15) is 17.3 Å². The van der Waals surface area contributed by atoms with Crippen LogP contribution in [0.25, 0.3) is 11.1 Å². The molecule has 1 aliphatic carbocycles. The van der Waals surface area contributed by atoms with E-state index in [0.29, 0.717) is 18.4 Å². The van der Waals surface area contributed by atoms with Gasteiger partial charge in [0.15, 0.2) is 0 Å². The van der Waals surface area contributed by atoms with Crippen molar-refractivity contribution >= 4 is 11.9 Å². The van der Waals surface area contributed by atoms with Crippen molar-refractivity contribution in [1.29, 1.82) is 0 Å². The van der Waals surface area contributed by atoms with E-state index in [1.807, 2.05) is 0 Å². The highest BCUT2D eigenvalue weighted by molar-refractivity contribution is 5.99. The zero-order valence-corrected chi connectivity index (χ0v) is 20.3. The summed E-state index contributed by atoms with van der Waals surface area (Å²) < 4.78 is 59.2. The van der Waals surface area contributed by atoms with Gasteiger partial charge in [0.2, 0.25) is 0 Å². The molecule has 4 aromatic carbocycles. The van der Waals surface area contributed by atoms with Crippen molar-refractivity contribution < 1.29 is 37.0 Å². The first-order chi connectivity index (χ1) is 18.5. The smallest absolute Gasteiger partial charge is 0.416 e. The van der Waals surface area contributed by atoms with E-state index >= 15 is 0 Å². The van der Waals surface area contributed by atoms with Crippen molar-refractivity contribution in [2.45, 2.75) is 24.6 Å². The summed E-state index contributed by atoms with van der Waals surface area (Å²) in [6.07, 6.45) is -3.30. The summed E-state index contributed by atoms with van der Waals surface area (Å²) in [5, 5.41) is 12.2. The van der Waals surface area contributed by atoms with E-state index < -0.39 is 35.0 Å². The third-order valence-electron chi connectivity index (χ3n) is 6.58. The molecule has 1 amide bonds. The molecule has 4 aromatic rings. The monoisotopic (exact) mass is 535 g/mol. The van der Waals surface area contributed by atoms with Gasteiger partial charge in [-0.25, -0.2) is 9.18 Å². The van der Waals surface area contributed by atoms with E-state index in [-0.39, 0.29) is 28.2 Å². The highest BCUT2D eigenvalue weighted by atomic mass is 19.4. The Labute approximate surface area is 220 Å². The number of nitrogens with one attached hydrogen (secondary N) is 1. The third-order valence-corrected chi connectivity index (χ3v) is 6.58.